The van der Waals surface area contributed by atoms with Crippen LogP contribution in [0, 0.1) is 0 Å². The molecule has 0 heterocycles. The summed E-state index contributed by atoms with van der Waals surface area (Å²) in [6, 6.07) is 6.12. The minimum atomic E-state index is -0.749. The van der Waals surface area contributed by atoms with Crippen LogP contribution in [0.1, 0.15) is 43.4 Å². The molecule has 3 heteroatoms. The zero-order chi connectivity index (χ0) is 12.9. The quantitative estimate of drug-likeness (QED) is 0.658. The molecular weight excluding hydrogens is 212 g/mol. The molecule has 1 aromatic rings. The van der Waals surface area contributed by atoms with Crippen LogP contribution in [-0.4, -0.2) is 11.7 Å². The Balaban J connectivity index is 3.14. The molecule has 0 fully saturated rings. The van der Waals surface area contributed by atoms with Gasteiger partial charge >= 0.3 is 0 Å². The van der Waals surface area contributed by atoms with Crippen molar-refractivity contribution in [2.24, 2.45) is 11.5 Å². The van der Waals surface area contributed by atoms with Gasteiger partial charge < -0.3 is 16.6 Å². The summed E-state index contributed by atoms with van der Waals surface area (Å²) in [6.45, 7) is 4.34. The third-order valence-electron chi connectivity index (χ3n) is 3.32. The average Bonchev–Trinajstić information content (AvgIpc) is 2.35. The fraction of sp³-hybridized carbons (Fsp3) is 0.571. The summed E-state index contributed by atoms with van der Waals surface area (Å²) in [5.41, 5.74) is 15.1. The van der Waals surface area contributed by atoms with Crippen LogP contribution in [0.25, 0.3) is 0 Å². The van der Waals surface area contributed by atoms with Crippen molar-refractivity contribution in [2.75, 3.05) is 6.61 Å². The zero-order valence-corrected chi connectivity index (χ0v) is 10.9. The molecule has 0 spiro atoms. The lowest BCUT2D eigenvalue weighted by molar-refractivity contribution is 0.288. The Kier molecular flexibility index (Phi) is 5.12. The molecule has 0 unspecified atom stereocenters. The number of nitrogens with two attached hydrogens (primary N) is 2. The highest BCUT2D eigenvalue weighted by Crippen LogP contribution is 2.25. The zero-order valence-electron chi connectivity index (χ0n) is 10.9. The SMILES string of the molecule is CCc1c(CCCO)cccc1C(N)(N)CC. The molecule has 0 aliphatic heterocycles. The van der Waals surface area contributed by atoms with Gasteiger partial charge in [0.15, 0.2) is 0 Å². The monoisotopic (exact) mass is 236 g/mol. The van der Waals surface area contributed by atoms with Gasteiger partial charge in [0.1, 0.15) is 0 Å². The standard InChI is InChI=1S/C14H24N2O/c1-3-12-11(8-6-10-17)7-5-9-13(12)14(15,16)4-2/h5,7,9,17H,3-4,6,8,10,15-16H2,1-2H3. The molecule has 96 valence electrons. The van der Waals surface area contributed by atoms with Crippen LogP contribution in [0.2, 0.25) is 0 Å². The maximum Gasteiger partial charge on any atom is 0.0899 e. The molecule has 0 saturated carbocycles. The van der Waals surface area contributed by atoms with Gasteiger partial charge in [-0.2, -0.15) is 0 Å². The van der Waals surface area contributed by atoms with Gasteiger partial charge in [-0.15, -0.1) is 0 Å². The first-order chi connectivity index (χ1) is 8.06. The third-order valence-corrected chi connectivity index (χ3v) is 3.32. The van der Waals surface area contributed by atoms with Crippen molar-refractivity contribution in [1.29, 1.82) is 0 Å². The summed E-state index contributed by atoms with van der Waals surface area (Å²) in [5.74, 6) is 0. The molecule has 0 aromatic heterocycles. The summed E-state index contributed by atoms with van der Waals surface area (Å²) >= 11 is 0. The predicted molar refractivity (Wildman–Crippen MR) is 71.6 cm³/mol. The van der Waals surface area contributed by atoms with Crippen molar-refractivity contribution in [3.63, 3.8) is 0 Å². The van der Waals surface area contributed by atoms with E-state index in [-0.39, 0.29) is 6.61 Å². The van der Waals surface area contributed by atoms with Crippen molar-refractivity contribution >= 4 is 0 Å². The van der Waals surface area contributed by atoms with E-state index in [1.165, 1.54) is 11.1 Å². The van der Waals surface area contributed by atoms with Gasteiger partial charge in [0, 0.05) is 6.61 Å². The van der Waals surface area contributed by atoms with E-state index in [1.807, 2.05) is 19.1 Å². The van der Waals surface area contributed by atoms with Crippen molar-refractivity contribution in [1.82, 2.24) is 0 Å². The lowest BCUT2D eigenvalue weighted by Gasteiger charge is -2.27. The van der Waals surface area contributed by atoms with E-state index in [0.29, 0.717) is 6.42 Å². The third kappa shape index (κ3) is 3.28. The van der Waals surface area contributed by atoms with E-state index in [2.05, 4.69) is 13.0 Å². The number of hydrogen-bond donors (Lipinski definition) is 3. The second kappa shape index (κ2) is 6.15. The number of hydrogen-bond acceptors (Lipinski definition) is 3. The topological polar surface area (TPSA) is 72.3 Å². The second-order valence-corrected chi connectivity index (χ2v) is 4.52. The highest BCUT2D eigenvalue weighted by atomic mass is 16.2. The number of benzene rings is 1. The Morgan fingerprint density at radius 2 is 1.94 bits per heavy atom. The maximum absolute atomic E-state index is 8.92. The van der Waals surface area contributed by atoms with Crippen LogP contribution in [0.15, 0.2) is 18.2 Å². The van der Waals surface area contributed by atoms with Crippen LogP contribution in [0.4, 0.5) is 0 Å². The minimum Gasteiger partial charge on any atom is -0.396 e. The number of aryl methyl sites for hydroxylation is 1. The molecule has 1 aromatic carbocycles. The highest BCUT2D eigenvalue weighted by Gasteiger charge is 2.23. The van der Waals surface area contributed by atoms with Gasteiger partial charge in [-0.05, 0) is 42.4 Å². The first-order valence-corrected chi connectivity index (χ1v) is 6.36. The summed E-state index contributed by atoms with van der Waals surface area (Å²) in [5, 5.41) is 8.92. The van der Waals surface area contributed by atoms with Crippen LogP contribution >= 0.6 is 0 Å². The van der Waals surface area contributed by atoms with Crippen LogP contribution in [0.5, 0.6) is 0 Å². The van der Waals surface area contributed by atoms with Crippen LogP contribution in [0.3, 0.4) is 0 Å². The van der Waals surface area contributed by atoms with E-state index >= 15 is 0 Å². The first kappa shape index (κ1) is 14.2. The molecule has 0 bridgehead atoms. The highest BCUT2D eigenvalue weighted by molar-refractivity contribution is 5.39. The first-order valence-electron chi connectivity index (χ1n) is 6.36. The average molecular weight is 236 g/mol. The van der Waals surface area contributed by atoms with E-state index in [9.17, 15) is 0 Å². The molecule has 0 atom stereocenters. The van der Waals surface area contributed by atoms with Gasteiger partial charge in [0.25, 0.3) is 0 Å². The molecule has 0 amide bonds. The van der Waals surface area contributed by atoms with Gasteiger partial charge in [-0.25, -0.2) is 0 Å². The number of aliphatic hydroxyl groups is 1. The summed E-state index contributed by atoms with van der Waals surface area (Å²) in [6.07, 6.45) is 3.30. The smallest absolute Gasteiger partial charge is 0.0899 e. The summed E-state index contributed by atoms with van der Waals surface area (Å²) < 4.78 is 0. The molecule has 0 radical (unpaired) electrons. The lowest BCUT2D eigenvalue weighted by atomic mass is 9.88. The molecule has 17 heavy (non-hydrogen) atoms. The van der Waals surface area contributed by atoms with Gasteiger partial charge in [-0.1, -0.05) is 32.0 Å². The molecule has 0 aliphatic carbocycles. The summed E-state index contributed by atoms with van der Waals surface area (Å²) in [4.78, 5) is 0. The van der Waals surface area contributed by atoms with Crippen molar-refractivity contribution in [3.8, 4) is 0 Å². The van der Waals surface area contributed by atoms with Crippen LogP contribution < -0.4 is 11.5 Å². The second-order valence-electron chi connectivity index (χ2n) is 4.52. The Morgan fingerprint density at radius 3 is 2.47 bits per heavy atom. The van der Waals surface area contributed by atoms with E-state index in [0.717, 1.165) is 24.8 Å². The van der Waals surface area contributed by atoms with E-state index < -0.39 is 5.66 Å². The number of rotatable bonds is 6. The van der Waals surface area contributed by atoms with Gasteiger partial charge in [-0.3, -0.25) is 0 Å². The van der Waals surface area contributed by atoms with E-state index in [1.54, 1.807) is 0 Å². The largest absolute Gasteiger partial charge is 0.396 e. The minimum absolute atomic E-state index is 0.220. The van der Waals surface area contributed by atoms with Crippen molar-refractivity contribution in [3.05, 3.63) is 34.9 Å². The summed E-state index contributed by atoms with van der Waals surface area (Å²) in [7, 11) is 0. The van der Waals surface area contributed by atoms with Gasteiger partial charge in [0.2, 0.25) is 0 Å². The fourth-order valence-electron chi connectivity index (χ4n) is 2.18. The Bertz CT molecular complexity index is 361. The number of aliphatic hydroxyl groups excluding tert-OH is 1. The molecule has 5 N–H and O–H groups in total. The normalized spacial score (nSPS) is 11.8. The molecule has 0 aliphatic rings. The lowest BCUT2D eigenvalue weighted by Crippen LogP contribution is -2.46. The molecule has 0 saturated heterocycles. The molecular formula is C14H24N2O. The predicted octanol–water partition coefficient (Wildman–Crippen LogP) is 1.65. The Hall–Kier alpha value is -0.900. The van der Waals surface area contributed by atoms with Crippen molar-refractivity contribution < 1.29 is 5.11 Å². The fourth-order valence-corrected chi connectivity index (χ4v) is 2.18. The van der Waals surface area contributed by atoms with Gasteiger partial charge in [0.05, 0.1) is 5.66 Å². The van der Waals surface area contributed by atoms with Crippen molar-refractivity contribution in [2.45, 2.75) is 45.2 Å². The Morgan fingerprint density at radius 1 is 1.24 bits per heavy atom. The molecule has 3 nitrogen and oxygen atoms in total. The van der Waals surface area contributed by atoms with Crippen LogP contribution in [-0.2, 0) is 18.5 Å². The maximum atomic E-state index is 8.92. The molecule has 1 rings (SSSR count). The van der Waals surface area contributed by atoms with E-state index in [4.69, 9.17) is 16.6 Å². The Labute approximate surface area is 104 Å².